The van der Waals surface area contributed by atoms with Crippen LogP contribution in [0, 0.1) is 0 Å². The van der Waals surface area contributed by atoms with E-state index in [1.54, 1.807) is 6.92 Å². The Morgan fingerprint density at radius 2 is 2.30 bits per heavy atom. The Bertz CT molecular complexity index is 106. The zero-order valence-corrected chi connectivity index (χ0v) is 8.94. The maximum Gasteiger partial charge on any atom is 0.306 e. The number of hydrogen-bond donors (Lipinski definition) is 0. The number of hydrogen-bond acceptors (Lipinski definition) is 2. The van der Waals surface area contributed by atoms with Gasteiger partial charge in [0.25, 0.3) is 0 Å². The second kappa shape index (κ2) is 6.16. The number of alkyl halides is 2. The van der Waals surface area contributed by atoms with Crippen LogP contribution in [0.2, 0.25) is 0 Å². The van der Waals surface area contributed by atoms with E-state index in [1.165, 1.54) is 0 Å². The van der Waals surface area contributed by atoms with E-state index in [4.69, 9.17) is 4.74 Å². The molecule has 0 radical (unpaired) electrons. The summed E-state index contributed by atoms with van der Waals surface area (Å²) in [4.78, 5) is 10.6. The number of ether oxygens (including phenoxy) is 1. The van der Waals surface area contributed by atoms with Gasteiger partial charge in [0.2, 0.25) is 0 Å². The Labute approximate surface area is 77.6 Å². The molecule has 0 bridgehead atoms. The minimum Gasteiger partial charge on any atom is -0.451 e. The molecule has 0 aromatic heterocycles. The summed E-state index contributed by atoms with van der Waals surface area (Å²) in [7, 11) is 0. The normalized spacial score (nSPS) is 12.7. The molecule has 0 aliphatic carbocycles. The lowest BCUT2D eigenvalue weighted by Crippen LogP contribution is -2.11. The first-order valence-electron chi connectivity index (χ1n) is 3.10. The van der Waals surface area contributed by atoms with Crippen LogP contribution >= 0.6 is 31.9 Å². The maximum atomic E-state index is 10.6. The summed E-state index contributed by atoms with van der Waals surface area (Å²) in [6, 6.07) is 0. The van der Waals surface area contributed by atoms with Gasteiger partial charge in [0.15, 0.2) is 5.01 Å². The lowest BCUT2D eigenvalue weighted by atomic mass is 10.5. The summed E-state index contributed by atoms with van der Waals surface area (Å²) in [5.41, 5.74) is 0. The van der Waals surface area contributed by atoms with E-state index >= 15 is 0 Å². The fourth-order valence-electron chi connectivity index (χ4n) is 0.371. The van der Waals surface area contributed by atoms with Crippen molar-refractivity contribution in [3.63, 3.8) is 0 Å². The highest BCUT2D eigenvalue weighted by Crippen LogP contribution is 2.09. The van der Waals surface area contributed by atoms with Gasteiger partial charge < -0.3 is 4.74 Å². The highest BCUT2D eigenvalue weighted by atomic mass is 79.9. The molecule has 0 aliphatic heterocycles. The number of halogens is 2. The molecule has 2 nitrogen and oxygen atoms in total. The molecule has 1 atom stereocenters. The average Bonchev–Trinajstić information content (AvgIpc) is 1.88. The summed E-state index contributed by atoms with van der Waals surface area (Å²) >= 11 is 6.45. The predicted octanol–water partition coefficient (Wildman–Crippen LogP) is 2.45. The van der Waals surface area contributed by atoms with Crippen molar-refractivity contribution in [1.29, 1.82) is 0 Å². The van der Waals surface area contributed by atoms with Crippen molar-refractivity contribution in [2.75, 3.05) is 5.33 Å². The van der Waals surface area contributed by atoms with Crippen LogP contribution in [0.5, 0.6) is 0 Å². The van der Waals surface area contributed by atoms with Gasteiger partial charge in [0.05, 0.1) is 0 Å². The first-order valence-corrected chi connectivity index (χ1v) is 5.14. The topological polar surface area (TPSA) is 26.3 Å². The number of carbonyl (C=O) groups excluding carboxylic acids is 1. The van der Waals surface area contributed by atoms with Gasteiger partial charge in [-0.25, -0.2) is 0 Å². The van der Waals surface area contributed by atoms with Crippen molar-refractivity contribution in [2.24, 2.45) is 0 Å². The fourth-order valence-corrected chi connectivity index (χ4v) is 1.84. The van der Waals surface area contributed by atoms with Crippen molar-refractivity contribution >= 4 is 37.8 Å². The fraction of sp³-hybridized carbons (Fsp3) is 0.833. The van der Waals surface area contributed by atoms with Crippen molar-refractivity contribution in [3.05, 3.63) is 0 Å². The Balaban J connectivity index is 3.37. The third-order valence-electron chi connectivity index (χ3n) is 0.884. The van der Waals surface area contributed by atoms with E-state index in [-0.39, 0.29) is 11.0 Å². The second-order valence-electron chi connectivity index (χ2n) is 1.73. The van der Waals surface area contributed by atoms with Gasteiger partial charge in [-0.15, -0.1) is 0 Å². The van der Waals surface area contributed by atoms with Gasteiger partial charge in [-0.3, -0.25) is 4.79 Å². The van der Waals surface area contributed by atoms with Gasteiger partial charge in [-0.2, -0.15) is 0 Å². The summed E-state index contributed by atoms with van der Waals surface area (Å²) in [5, 5.41) is 0.694. The molecule has 0 saturated carbocycles. The predicted molar refractivity (Wildman–Crippen MR) is 47.5 cm³/mol. The van der Waals surface area contributed by atoms with Crippen LogP contribution in [0.1, 0.15) is 19.8 Å². The Kier molecular flexibility index (Phi) is 6.43. The first-order chi connectivity index (χ1) is 4.70. The molecule has 0 heterocycles. The number of esters is 1. The third-order valence-corrected chi connectivity index (χ3v) is 1.99. The van der Waals surface area contributed by atoms with Crippen LogP contribution in [0.4, 0.5) is 0 Å². The minimum atomic E-state index is -0.164. The summed E-state index contributed by atoms with van der Waals surface area (Å²) < 4.78 is 4.89. The Morgan fingerprint density at radius 3 is 2.70 bits per heavy atom. The second-order valence-corrected chi connectivity index (χ2v) is 3.55. The minimum absolute atomic E-state index is 0.140. The van der Waals surface area contributed by atoms with Crippen LogP contribution < -0.4 is 0 Å². The van der Waals surface area contributed by atoms with Crippen LogP contribution in [-0.4, -0.2) is 16.3 Å². The third kappa shape index (κ3) is 5.23. The van der Waals surface area contributed by atoms with Gasteiger partial charge in [-0.1, -0.05) is 22.9 Å². The lowest BCUT2D eigenvalue weighted by Gasteiger charge is -2.07. The van der Waals surface area contributed by atoms with Gasteiger partial charge >= 0.3 is 5.97 Å². The van der Waals surface area contributed by atoms with Crippen molar-refractivity contribution in [2.45, 2.75) is 24.8 Å². The van der Waals surface area contributed by atoms with Gasteiger partial charge in [0, 0.05) is 18.2 Å². The molecule has 0 N–H and O–H groups in total. The first kappa shape index (κ1) is 10.4. The van der Waals surface area contributed by atoms with E-state index in [0.717, 1.165) is 11.8 Å². The van der Waals surface area contributed by atoms with E-state index < -0.39 is 0 Å². The molecule has 10 heavy (non-hydrogen) atoms. The molecular formula is C6H10Br2O2. The number of rotatable bonds is 4. The van der Waals surface area contributed by atoms with Crippen LogP contribution in [0.3, 0.4) is 0 Å². The lowest BCUT2D eigenvalue weighted by molar-refractivity contribution is -0.144. The molecule has 0 spiro atoms. The van der Waals surface area contributed by atoms with E-state index in [2.05, 4.69) is 31.9 Å². The number of carbonyl (C=O) groups is 1. The van der Waals surface area contributed by atoms with Crippen molar-refractivity contribution in [3.8, 4) is 0 Å². The van der Waals surface area contributed by atoms with Crippen LogP contribution in [0.15, 0.2) is 0 Å². The quantitative estimate of drug-likeness (QED) is 0.581. The Morgan fingerprint density at radius 1 is 1.70 bits per heavy atom. The molecule has 0 saturated heterocycles. The van der Waals surface area contributed by atoms with Gasteiger partial charge in [-0.05, 0) is 15.9 Å². The van der Waals surface area contributed by atoms with E-state index in [1.807, 2.05) is 0 Å². The largest absolute Gasteiger partial charge is 0.451 e. The summed E-state index contributed by atoms with van der Waals surface area (Å²) in [6.07, 6.45) is 1.23. The summed E-state index contributed by atoms with van der Waals surface area (Å²) in [5.74, 6) is -0.164. The molecule has 60 valence electrons. The SMILES string of the molecule is CCC(=O)OC(Br)CCBr. The zero-order chi connectivity index (χ0) is 7.98. The van der Waals surface area contributed by atoms with Gasteiger partial charge in [0.1, 0.15) is 0 Å². The van der Waals surface area contributed by atoms with Crippen molar-refractivity contribution < 1.29 is 9.53 Å². The van der Waals surface area contributed by atoms with Crippen molar-refractivity contribution in [1.82, 2.24) is 0 Å². The average molecular weight is 274 g/mol. The summed E-state index contributed by atoms with van der Waals surface area (Å²) in [6.45, 7) is 1.77. The molecule has 0 fully saturated rings. The van der Waals surface area contributed by atoms with Crippen LogP contribution in [0.25, 0.3) is 0 Å². The smallest absolute Gasteiger partial charge is 0.306 e. The maximum absolute atomic E-state index is 10.6. The molecule has 4 heteroatoms. The molecule has 0 aliphatic rings. The van der Waals surface area contributed by atoms with E-state index in [0.29, 0.717) is 6.42 Å². The molecule has 0 aromatic rings. The zero-order valence-electron chi connectivity index (χ0n) is 5.77. The monoisotopic (exact) mass is 272 g/mol. The molecule has 0 rings (SSSR count). The highest BCUT2D eigenvalue weighted by Gasteiger charge is 2.06. The molecule has 1 unspecified atom stereocenters. The molecule has 0 amide bonds. The highest BCUT2D eigenvalue weighted by molar-refractivity contribution is 9.10. The Hall–Kier alpha value is 0.430. The molecular weight excluding hydrogens is 264 g/mol. The molecule has 0 aromatic carbocycles. The van der Waals surface area contributed by atoms with Crippen LogP contribution in [-0.2, 0) is 9.53 Å². The standard InChI is InChI=1S/C6H10Br2O2/c1-2-6(9)10-5(8)3-4-7/h5H,2-4H2,1H3. The van der Waals surface area contributed by atoms with E-state index in [9.17, 15) is 4.79 Å².